The molecule has 0 fully saturated rings. The second kappa shape index (κ2) is 11.0. The van der Waals surface area contributed by atoms with Gasteiger partial charge in [-0.1, -0.05) is 37.3 Å². The summed E-state index contributed by atoms with van der Waals surface area (Å²) in [7, 11) is 5.41. The smallest absolute Gasteiger partial charge is 0.193 e. The topological polar surface area (TPSA) is 36.9 Å². The molecule has 1 N–H and O–H groups in total. The van der Waals surface area contributed by atoms with Crippen LogP contribution in [0.5, 0.6) is 5.75 Å². The predicted molar refractivity (Wildman–Crippen MR) is 116 cm³/mol. The first-order chi connectivity index (χ1) is 12.0. The summed E-state index contributed by atoms with van der Waals surface area (Å²) in [5, 5.41) is 3.40. The fourth-order valence-corrected chi connectivity index (χ4v) is 2.75. The second-order valence-corrected chi connectivity index (χ2v) is 6.05. The lowest BCUT2D eigenvalue weighted by molar-refractivity contribution is 0.405. The third kappa shape index (κ3) is 6.16. The summed E-state index contributed by atoms with van der Waals surface area (Å²) < 4.78 is 18.5. The van der Waals surface area contributed by atoms with Crippen LogP contribution in [0.2, 0.25) is 0 Å². The molecule has 1 unspecified atom stereocenters. The maximum absolute atomic E-state index is 13.0. The molecule has 0 heterocycles. The molecule has 0 bridgehead atoms. The van der Waals surface area contributed by atoms with Crippen molar-refractivity contribution in [2.24, 2.45) is 4.99 Å². The van der Waals surface area contributed by atoms with Crippen LogP contribution in [0.4, 0.5) is 4.39 Å². The lowest BCUT2D eigenvalue weighted by Crippen LogP contribution is -2.40. The van der Waals surface area contributed by atoms with E-state index in [-0.39, 0.29) is 35.7 Å². The van der Waals surface area contributed by atoms with Gasteiger partial charge in [0.05, 0.1) is 7.11 Å². The van der Waals surface area contributed by atoms with Gasteiger partial charge in [-0.2, -0.15) is 0 Å². The van der Waals surface area contributed by atoms with Gasteiger partial charge in [-0.05, 0) is 29.3 Å². The molecule has 0 saturated carbocycles. The Morgan fingerprint density at radius 3 is 2.46 bits per heavy atom. The number of nitrogens with one attached hydrogen (secondary N) is 1. The van der Waals surface area contributed by atoms with Crippen LogP contribution in [-0.4, -0.2) is 38.6 Å². The average molecular weight is 471 g/mol. The molecule has 2 rings (SSSR count). The van der Waals surface area contributed by atoms with Crippen LogP contribution >= 0.6 is 24.0 Å². The summed E-state index contributed by atoms with van der Waals surface area (Å²) in [5.74, 6) is 1.74. The zero-order valence-corrected chi connectivity index (χ0v) is 18.0. The van der Waals surface area contributed by atoms with E-state index in [9.17, 15) is 4.39 Å². The van der Waals surface area contributed by atoms with Gasteiger partial charge in [0, 0.05) is 33.1 Å². The predicted octanol–water partition coefficient (Wildman–Crippen LogP) is 4.26. The number of hydrogen-bond acceptors (Lipinski definition) is 2. The molecule has 0 saturated heterocycles. The quantitative estimate of drug-likeness (QED) is 0.389. The Hall–Kier alpha value is -1.83. The zero-order valence-electron chi connectivity index (χ0n) is 15.7. The zero-order chi connectivity index (χ0) is 18.2. The molecule has 1 atom stereocenters. The van der Waals surface area contributed by atoms with E-state index >= 15 is 0 Å². The van der Waals surface area contributed by atoms with E-state index in [1.807, 2.05) is 30.1 Å². The lowest BCUT2D eigenvalue weighted by atomic mass is 10.0. The van der Waals surface area contributed by atoms with Crippen molar-refractivity contribution in [2.75, 3.05) is 27.7 Å². The monoisotopic (exact) mass is 471 g/mol. The van der Waals surface area contributed by atoms with E-state index in [1.165, 1.54) is 12.1 Å². The number of hydrogen-bond donors (Lipinski definition) is 1. The highest BCUT2D eigenvalue weighted by molar-refractivity contribution is 14.0. The van der Waals surface area contributed by atoms with Crippen molar-refractivity contribution < 1.29 is 9.13 Å². The van der Waals surface area contributed by atoms with E-state index in [0.717, 1.165) is 29.4 Å². The molecular weight excluding hydrogens is 444 g/mol. The number of ether oxygens (including phenoxy) is 1. The van der Waals surface area contributed by atoms with E-state index in [2.05, 4.69) is 23.3 Å². The van der Waals surface area contributed by atoms with Crippen LogP contribution in [0.3, 0.4) is 0 Å². The Balaban J connectivity index is 0.00000338. The van der Waals surface area contributed by atoms with Gasteiger partial charge in [0.1, 0.15) is 11.6 Å². The molecule has 2 aromatic carbocycles. The maximum atomic E-state index is 13.0. The SMILES string of the molecule is CN=C(NCC(C)c1ccccc1OC)N(C)Cc1ccc(F)cc1.I. The van der Waals surface area contributed by atoms with Gasteiger partial charge in [-0.3, -0.25) is 4.99 Å². The standard InChI is InChI=1S/C20H26FN3O.HI/c1-15(18-7-5-6-8-19(18)25-4)13-23-20(22-2)24(3)14-16-9-11-17(21)12-10-16;/h5-12,15H,13-14H2,1-4H3,(H,22,23);1H. The Morgan fingerprint density at radius 1 is 1.19 bits per heavy atom. The third-order valence-electron chi connectivity index (χ3n) is 4.14. The summed E-state index contributed by atoms with van der Waals surface area (Å²) >= 11 is 0. The molecule has 6 heteroatoms. The highest BCUT2D eigenvalue weighted by Crippen LogP contribution is 2.25. The summed E-state index contributed by atoms with van der Waals surface area (Å²) in [6.45, 7) is 3.54. The summed E-state index contributed by atoms with van der Waals surface area (Å²) in [6.07, 6.45) is 0. The van der Waals surface area contributed by atoms with Gasteiger partial charge in [-0.25, -0.2) is 4.39 Å². The van der Waals surface area contributed by atoms with E-state index in [0.29, 0.717) is 6.54 Å². The molecule has 142 valence electrons. The van der Waals surface area contributed by atoms with E-state index in [1.54, 1.807) is 26.3 Å². The molecular formula is C20H27FIN3O. The molecule has 0 aromatic heterocycles. The molecule has 4 nitrogen and oxygen atoms in total. The van der Waals surface area contributed by atoms with Gasteiger partial charge in [0.2, 0.25) is 0 Å². The minimum absolute atomic E-state index is 0. The van der Waals surface area contributed by atoms with Crippen LogP contribution in [0, 0.1) is 5.82 Å². The first-order valence-electron chi connectivity index (χ1n) is 8.34. The van der Waals surface area contributed by atoms with Crippen molar-refractivity contribution in [2.45, 2.75) is 19.4 Å². The summed E-state index contributed by atoms with van der Waals surface area (Å²) in [6, 6.07) is 14.6. The highest BCUT2D eigenvalue weighted by atomic mass is 127. The Labute approximate surface area is 172 Å². The minimum Gasteiger partial charge on any atom is -0.496 e. The van der Waals surface area contributed by atoms with Crippen LogP contribution < -0.4 is 10.1 Å². The van der Waals surface area contributed by atoms with Crippen LogP contribution in [-0.2, 0) is 6.54 Å². The summed E-state index contributed by atoms with van der Waals surface area (Å²) in [5.41, 5.74) is 2.19. The lowest BCUT2D eigenvalue weighted by Gasteiger charge is -2.24. The number of guanidine groups is 1. The van der Waals surface area contributed by atoms with Gasteiger partial charge in [0.15, 0.2) is 5.96 Å². The number of benzene rings is 2. The number of methoxy groups -OCH3 is 1. The molecule has 0 spiro atoms. The van der Waals surface area contributed by atoms with Gasteiger partial charge < -0.3 is 15.0 Å². The van der Waals surface area contributed by atoms with Gasteiger partial charge >= 0.3 is 0 Å². The van der Waals surface area contributed by atoms with Gasteiger partial charge in [0.25, 0.3) is 0 Å². The van der Waals surface area contributed by atoms with Crippen LogP contribution in [0.25, 0.3) is 0 Å². The van der Waals surface area contributed by atoms with Crippen molar-refractivity contribution >= 4 is 29.9 Å². The van der Waals surface area contributed by atoms with Crippen molar-refractivity contribution in [3.8, 4) is 5.75 Å². The van der Waals surface area contributed by atoms with Crippen molar-refractivity contribution in [1.82, 2.24) is 10.2 Å². The second-order valence-electron chi connectivity index (χ2n) is 6.05. The molecule has 0 aliphatic carbocycles. The van der Waals surface area contributed by atoms with Crippen LogP contribution in [0.15, 0.2) is 53.5 Å². The molecule has 26 heavy (non-hydrogen) atoms. The molecule has 0 aliphatic heterocycles. The highest BCUT2D eigenvalue weighted by Gasteiger charge is 2.13. The minimum atomic E-state index is -0.223. The van der Waals surface area contributed by atoms with Crippen LogP contribution in [0.1, 0.15) is 24.0 Å². The Bertz CT molecular complexity index is 706. The Morgan fingerprint density at radius 2 is 1.85 bits per heavy atom. The first kappa shape index (κ1) is 22.2. The van der Waals surface area contributed by atoms with Crippen molar-refractivity contribution in [3.63, 3.8) is 0 Å². The number of aliphatic imine (C=N–C) groups is 1. The van der Waals surface area contributed by atoms with Crippen molar-refractivity contribution in [1.29, 1.82) is 0 Å². The fourth-order valence-electron chi connectivity index (χ4n) is 2.75. The Kier molecular flexibility index (Phi) is 9.40. The number of para-hydroxylation sites is 1. The van der Waals surface area contributed by atoms with Crippen molar-refractivity contribution in [3.05, 3.63) is 65.5 Å². The number of rotatable bonds is 6. The summed E-state index contributed by atoms with van der Waals surface area (Å²) in [4.78, 5) is 6.35. The fraction of sp³-hybridized carbons (Fsp3) is 0.350. The molecule has 2 aromatic rings. The third-order valence-corrected chi connectivity index (χ3v) is 4.14. The van der Waals surface area contributed by atoms with E-state index < -0.39 is 0 Å². The molecule has 0 radical (unpaired) electrons. The first-order valence-corrected chi connectivity index (χ1v) is 8.34. The number of nitrogens with zero attached hydrogens (tertiary/aromatic N) is 2. The largest absolute Gasteiger partial charge is 0.496 e. The van der Waals surface area contributed by atoms with Gasteiger partial charge in [-0.15, -0.1) is 24.0 Å². The normalized spacial score (nSPS) is 12.1. The van der Waals surface area contributed by atoms with E-state index in [4.69, 9.17) is 4.74 Å². The molecule has 0 aliphatic rings. The number of halogens is 2. The maximum Gasteiger partial charge on any atom is 0.193 e. The average Bonchev–Trinajstić information content (AvgIpc) is 2.63. The molecule has 0 amide bonds.